The van der Waals surface area contributed by atoms with Gasteiger partial charge in [0.05, 0.1) is 12.7 Å². The van der Waals surface area contributed by atoms with Gasteiger partial charge in [-0.25, -0.2) is 18.6 Å². The summed E-state index contributed by atoms with van der Waals surface area (Å²) in [5.41, 5.74) is -0.753. The second-order valence-electron chi connectivity index (χ2n) is 2.47. The molecular weight excluding hydrogens is 387 g/mol. The fourth-order valence-electron chi connectivity index (χ4n) is 0.939. The summed E-state index contributed by atoms with van der Waals surface area (Å²) < 4.78 is 30.4. The van der Waals surface area contributed by atoms with Crippen molar-refractivity contribution in [3.63, 3.8) is 0 Å². The second kappa shape index (κ2) is 5.15. The molecular formula is C8H5BrF2INO2. The molecule has 0 aliphatic carbocycles. The van der Waals surface area contributed by atoms with Crippen molar-refractivity contribution in [2.24, 2.45) is 0 Å². The van der Waals surface area contributed by atoms with E-state index in [1.54, 1.807) is 22.6 Å². The largest absolute Gasteiger partial charge is 0.464 e. The van der Waals surface area contributed by atoms with Crippen molar-refractivity contribution in [1.29, 1.82) is 0 Å². The number of ether oxygens (including phenoxy) is 1. The van der Waals surface area contributed by atoms with Crippen LogP contribution in [0.1, 0.15) is 22.5 Å². The molecule has 0 amide bonds. The van der Waals surface area contributed by atoms with Gasteiger partial charge in [-0.05, 0) is 38.5 Å². The van der Waals surface area contributed by atoms with Crippen LogP contribution in [0.25, 0.3) is 0 Å². The van der Waals surface area contributed by atoms with Crippen molar-refractivity contribution in [1.82, 2.24) is 4.98 Å². The highest BCUT2D eigenvalue weighted by Crippen LogP contribution is 2.31. The van der Waals surface area contributed by atoms with Gasteiger partial charge in [0, 0.05) is 14.2 Å². The lowest BCUT2D eigenvalue weighted by molar-refractivity contribution is 0.0581. The lowest BCUT2D eigenvalue weighted by atomic mass is 10.2. The number of carbonyl (C=O) groups is 1. The summed E-state index contributed by atoms with van der Waals surface area (Å²) in [4.78, 5) is 14.8. The quantitative estimate of drug-likeness (QED) is 0.574. The van der Waals surface area contributed by atoms with Gasteiger partial charge in [-0.1, -0.05) is 0 Å². The van der Waals surface area contributed by atoms with E-state index < -0.39 is 18.0 Å². The van der Waals surface area contributed by atoms with Crippen LogP contribution in [-0.2, 0) is 4.74 Å². The molecule has 82 valence electrons. The van der Waals surface area contributed by atoms with Gasteiger partial charge in [-0.2, -0.15) is 0 Å². The van der Waals surface area contributed by atoms with Crippen molar-refractivity contribution in [3.8, 4) is 0 Å². The summed E-state index contributed by atoms with van der Waals surface area (Å²) >= 11 is 4.78. The van der Waals surface area contributed by atoms with Crippen molar-refractivity contribution in [2.45, 2.75) is 6.43 Å². The van der Waals surface area contributed by atoms with Crippen LogP contribution in [-0.4, -0.2) is 18.1 Å². The number of hydrogen-bond acceptors (Lipinski definition) is 3. The lowest BCUT2D eigenvalue weighted by Gasteiger charge is -2.09. The maximum absolute atomic E-state index is 12.7. The van der Waals surface area contributed by atoms with E-state index in [0.717, 1.165) is 7.11 Å². The Hall–Kier alpha value is -0.310. The number of pyridine rings is 1. The predicted octanol–water partition coefficient (Wildman–Crippen LogP) is 3.17. The third-order valence-electron chi connectivity index (χ3n) is 1.61. The fourth-order valence-corrected chi connectivity index (χ4v) is 1.88. The molecule has 15 heavy (non-hydrogen) atoms. The SMILES string of the molecule is COC(=O)c1ncc(Br)c(I)c1C(F)F. The van der Waals surface area contributed by atoms with Gasteiger partial charge in [-0.3, -0.25) is 0 Å². The third-order valence-corrected chi connectivity index (χ3v) is 4.11. The van der Waals surface area contributed by atoms with E-state index in [2.05, 4.69) is 25.7 Å². The molecule has 3 nitrogen and oxygen atoms in total. The van der Waals surface area contributed by atoms with Gasteiger partial charge in [-0.15, -0.1) is 0 Å². The molecule has 0 bridgehead atoms. The van der Waals surface area contributed by atoms with E-state index in [9.17, 15) is 13.6 Å². The molecule has 0 spiro atoms. The van der Waals surface area contributed by atoms with Crippen molar-refractivity contribution < 1.29 is 18.3 Å². The summed E-state index contributed by atoms with van der Waals surface area (Å²) in [7, 11) is 1.12. The van der Waals surface area contributed by atoms with Gasteiger partial charge >= 0.3 is 5.97 Å². The van der Waals surface area contributed by atoms with Gasteiger partial charge in [0.15, 0.2) is 5.69 Å². The highest BCUT2D eigenvalue weighted by atomic mass is 127. The van der Waals surface area contributed by atoms with E-state index in [1.165, 1.54) is 6.20 Å². The van der Waals surface area contributed by atoms with Crippen LogP contribution in [0.15, 0.2) is 10.7 Å². The third kappa shape index (κ3) is 2.63. The van der Waals surface area contributed by atoms with Crippen LogP contribution in [0.3, 0.4) is 0 Å². The maximum Gasteiger partial charge on any atom is 0.357 e. The normalized spacial score (nSPS) is 10.5. The van der Waals surface area contributed by atoms with Crippen molar-refractivity contribution >= 4 is 44.5 Å². The minimum Gasteiger partial charge on any atom is -0.464 e. The second-order valence-corrected chi connectivity index (χ2v) is 4.41. The van der Waals surface area contributed by atoms with Crippen LogP contribution in [0.5, 0.6) is 0 Å². The Bertz CT molecular complexity index is 400. The summed E-state index contributed by atoms with van der Waals surface area (Å²) in [5.74, 6) is -0.865. The van der Waals surface area contributed by atoms with Crippen molar-refractivity contribution in [3.05, 3.63) is 25.5 Å². The molecule has 1 aromatic rings. The maximum atomic E-state index is 12.7. The van der Waals surface area contributed by atoms with E-state index in [0.29, 0.717) is 4.47 Å². The highest BCUT2D eigenvalue weighted by molar-refractivity contribution is 14.1. The molecule has 0 radical (unpaired) electrons. The molecule has 0 N–H and O–H groups in total. The molecule has 1 rings (SSSR count). The number of carbonyl (C=O) groups excluding carboxylic acids is 1. The highest BCUT2D eigenvalue weighted by Gasteiger charge is 2.24. The Morgan fingerprint density at radius 3 is 2.73 bits per heavy atom. The molecule has 0 atom stereocenters. The molecule has 0 fully saturated rings. The molecule has 0 saturated carbocycles. The minimum atomic E-state index is -2.77. The average Bonchev–Trinajstić information content (AvgIpc) is 2.20. The number of hydrogen-bond donors (Lipinski definition) is 0. The van der Waals surface area contributed by atoms with E-state index in [-0.39, 0.29) is 9.26 Å². The molecule has 0 saturated heterocycles. The average molecular weight is 392 g/mol. The first-order chi connectivity index (χ1) is 6.99. The van der Waals surface area contributed by atoms with E-state index >= 15 is 0 Å². The van der Waals surface area contributed by atoms with Crippen LogP contribution in [0.2, 0.25) is 0 Å². The number of alkyl halides is 2. The number of esters is 1. The first-order valence-corrected chi connectivity index (χ1v) is 5.56. The molecule has 0 unspecified atom stereocenters. The fraction of sp³-hybridized carbons (Fsp3) is 0.250. The minimum absolute atomic E-state index is 0.262. The smallest absolute Gasteiger partial charge is 0.357 e. The molecule has 0 aromatic carbocycles. The van der Waals surface area contributed by atoms with Gasteiger partial charge in [0.25, 0.3) is 6.43 Å². The van der Waals surface area contributed by atoms with Gasteiger partial charge < -0.3 is 4.74 Å². The Labute approximate surface area is 106 Å². The van der Waals surface area contributed by atoms with Crippen LogP contribution >= 0.6 is 38.5 Å². The van der Waals surface area contributed by atoms with Gasteiger partial charge in [0.1, 0.15) is 0 Å². The Kier molecular flexibility index (Phi) is 4.38. The zero-order valence-corrected chi connectivity index (χ0v) is 11.2. The molecule has 1 aromatic heterocycles. The summed E-state index contributed by atoms with van der Waals surface area (Å²) in [6.45, 7) is 0. The monoisotopic (exact) mass is 391 g/mol. The van der Waals surface area contributed by atoms with Crippen LogP contribution in [0, 0.1) is 3.57 Å². The standard InChI is InChI=1S/C8H5BrF2INO2/c1-15-8(14)6-4(7(10)11)5(12)3(9)2-13-6/h2,7H,1H3. The van der Waals surface area contributed by atoms with Crippen LogP contribution < -0.4 is 0 Å². The lowest BCUT2D eigenvalue weighted by Crippen LogP contribution is -2.10. The Balaban J connectivity index is 3.40. The Morgan fingerprint density at radius 2 is 2.27 bits per heavy atom. The van der Waals surface area contributed by atoms with E-state index in [4.69, 9.17) is 0 Å². The van der Waals surface area contributed by atoms with Gasteiger partial charge in [0.2, 0.25) is 0 Å². The number of halogens is 4. The number of methoxy groups -OCH3 is 1. The number of nitrogens with zero attached hydrogens (tertiary/aromatic N) is 1. The molecule has 0 aliphatic heterocycles. The Morgan fingerprint density at radius 1 is 1.67 bits per heavy atom. The first-order valence-electron chi connectivity index (χ1n) is 3.69. The summed E-state index contributed by atoms with van der Waals surface area (Å²) in [6.07, 6.45) is -1.48. The molecule has 0 aliphatic rings. The zero-order chi connectivity index (χ0) is 11.6. The molecule has 1 heterocycles. The topological polar surface area (TPSA) is 39.2 Å². The predicted molar refractivity (Wildman–Crippen MR) is 61.0 cm³/mol. The molecule has 7 heteroatoms. The summed E-state index contributed by atoms with van der Waals surface area (Å²) in [6, 6.07) is 0. The zero-order valence-electron chi connectivity index (χ0n) is 7.43. The number of rotatable bonds is 2. The van der Waals surface area contributed by atoms with E-state index in [1.807, 2.05) is 0 Å². The van der Waals surface area contributed by atoms with Crippen molar-refractivity contribution in [2.75, 3.05) is 7.11 Å². The summed E-state index contributed by atoms with van der Waals surface area (Å²) in [5, 5.41) is 0. The first kappa shape index (κ1) is 12.8. The van der Waals surface area contributed by atoms with Crippen LogP contribution in [0.4, 0.5) is 8.78 Å². The number of aromatic nitrogens is 1.